The molecular weight excluding hydrogens is 429 g/mol. The first-order valence-electron chi connectivity index (χ1n) is 9.14. The standard InChI is InChI=1S/C22H12ClF3N4O/c23-17-9-13(11-30-7-6-28-21(17)30)15-10-16-18(31)4-5-27-20(16)29-19(15)12-2-1-3-14(8-12)22(24,25)26/h1-11H,(H,27,29,31). The summed E-state index contributed by atoms with van der Waals surface area (Å²) in [6.45, 7) is 0. The maximum absolute atomic E-state index is 13.3. The minimum absolute atomic E-state index is 0.257. The fourth-order valence-corrected chi connectivity index (χ4v) is 3.78. The van der Waals surface area contributed by atoms with E-state index in [9.17, 15) is 18.0 Å². The number of benzene rings is 1. The Bertz CT molecular complexity index is 1520. The topological polar surface area (TPSA) is 63.0 Å². The van der Waals surface area contributed by atoms with Crippen LogP contribution >= 0.6 is 11.6 Å². The van der Waals surface area contributed by atoms with Crippen molar-refractivity contribution in [1.29, 1.82) is 0 Å². The molecule has 0 atom stereocenters. The summed E-state index contributed by atoms with van der Waals surface area (Å²) in [5.74, 6) is 0. The maximum Gasteiger partial charge on any atom is 0.416 e. The quantitative estimate of drug-likeness (QED) is 0.390. The van der Waals surface area contributed by atoms with Crippen molar-refractivity contribution >= 4 is 28.3 Å². The van der Waals surface area contributed by atoms with E-state index in [4.69, 9.17) is 11.6 Å². The van der Waals surface area contributed by atoms with Crippen LogP contribution in [0.1, 0.15) is 5.56 Å². The highest BCUT2D eigenvalue weighted by Gasteiger charge is 2.30. The molecule has 1 aromatic carbocycles. The van der Waals surface area contributed by atoms with E-state index in [2.05, 4.69) is 15.0 Å². The van der Waals surface area contributed by atoms with Gasteiger partial charge in [-0.2, -0.15) is 13.2 Å². The van der Waals surface area contributed by atoms with E-state index < -0.39 is 11.7 Å². The normalized spacial score (nSPS) is 12.0. The van der Waals surface area contributed by atoms with E-state index in [1.54, 1.807) is 41.2 Å². The van der Waals surface area contributed by atoms with Gasteiger partial charge in [-0.15, -0.1) is 0 Å². The zero-order valence-corrected chi connectivity index (χ0v) is 16.4. The molecule has 5 aromatic rings. The molecule has 0 bridgehead atoms. The molecule has 0 amide bonds. The number of fused-ring (bicyclic) bond motifs is 2. The van der Waals surface area contributed by atoms with Gasteiger partial charge in [0.15, 0.2) is 11.1 Å². The zero-order chi connectivity index (χ0) is 21.8. The Morgan fingerprint density at radius 3 is 2.71 bits per heavy atom. The fourth-order valence-electron chi connectivity index (χ4n) is 3.52. The number of nitrogens with zero attached hydrogens (tertiary/aromatic N) is 3. The van der Waals surface area contributed by atoms with Gasteiger partial charge in [0, 0.05) is 47.5 Å². The van der Waals surface area contributed by atoms with Gasteiger partial charge in [-0.05, 0) is 24.3 Å². The number of imidazole rings is 1. The van der Waals surface area contributed by atoms with Crippen LogP contribution in [0.4, 0.5) is 13.2 Å². The van der Waals surface area contributed by atoms with Crippen LogP contribution in [0, 0.1) is 0 Å². The molecule has 9 heteroatoms. The number of nitrogens with one attached hydrogen (secondary N) is 1. The first-order valence-corrected chi connectivity index (χ1v) is 9.52. The number of H-pyrrole nitrogens is 1. The summed E-state index contributed by atoms with van der Waals surface area (Å²) in [7, 11) is 0. The third-order valence-electron chi connectivity index (χ3n) is 4.96. The molecule has 0 aliphatic rings. The van der Waals surface area contributed by atoms with E-state index in [0.717, 1.165) is 12.1 Å². The number of halogens is 4. The molecule has 1 N–H and O–H groups in total. The number of hydrogen-bond donors (Lipinski definition) is 1. The second-order valence-electron chi connectivity index (χ2n) is 6.94. The molecule has 5 rings (SSSR count). The first-order chi connectivity index (χ1) is 14.8. The molecular formula is C22H12ClF3N4O. The lowest BCUT2D eigenvalue weighted by Crippen LogP contribution is -2.06. The van der Waals surface area contributed by atoms with E-state index in [-0.39, 0.29) is 22.3 Å². The van der Waals surface area contributed by atoms with Gasteiger partial charge in [0.1, 0.15) is 5.65 Å². The summed E-state index contributed by atoms with van der Waals surface area (Å²) in [5, 5.41) is 0.676. The van der Waals surface area contributed by atoms with Gasteiger partial charge in [-0.25, -0.2) is 9.97 Å². The maximum atomic E-state index is 13.3. The summed E-state index contributed by atoms with van der Waals surface area (Å²) in [6, 6.07) is 9.55. The van der Waals surface area contributed by atoms with Crippen molar-refractivity contribution in [2.45, 2.75) is 6.18 Å². The number of aromatic nitrogens is 4. The molecule has 0 aliphatic carbocycles. The predicted molar refractivity (Wildman–Crippen MR) is 112 cm³/mol. The number of rotatable bonds is 2. The smallest absolute Gasteiger partial charge is 0.346 e. The monoisotopic (exact) mass is 440 g/mol. The lowest BCUT2D eigenvalue weighted by atomic mass is 9.98. The summed E-state index contributed by atoms with van der Waals surface area (Å²) in [6.07, 6.45) is 1.98. The van der Waals surface area contributed by atoms with Crippen LogP contribution in [0.25, 0.3) is 39.1 Å². The number of aromatic amines is 1. The minimum Gasteiger partial charge on any atom is -0.346 e. The molecule has 154 valence electrons. The minimum atomic E-state index is -4.50. The third-order valence-corrected chi connectivity index (χ3v) is 5.24. The molecule has 0 unspecified atom stereocenters. The van der Waals surface area contributed by atoms with E-state index >= 15 is 0 Å². The van der Waals surface area contributed by atoms with Crippen LogP contribution in [-0.4, -0.2) is 19.4 Å². The van der Waals surface area contributed by atoms with Gasteiger partial charge in [-0.1, -0.05) is 23.7 Å². The lowest BCUT2D eigenvalue weighted by Gasteiger charge is -2.14. The molecule has 0 fully saturated rings. The molecule has 5 nitrogen and oxygen atoms in total. The Kier molecular flexibility index (Phi) is 4.33. The predicted octanol–water partition coefficient (Wildman–Crippen LogP) is 5.58. The van der Waals surface area contributed by atoms with Crippen LogP contribution in [0.15, 0.2) is 72.0 Å². The molecule has 0 radical (unpaired) electrons. The van der Waals surface area contributed by atoms with Crippen LogP contribution < -0.4 is 5.43 Å². The Labute approximate surface area is 177 Å². The lowest BCUT2D eigenvalue weighted by molar-refractivity contribution is -0.137. The average molecular weight is 441 g/mol. The van der Waals surface area contributed by atoms with Crippen molar-refractivity contribution < 1.29 is 13.2 Å². The van der Waals surface area contributed by atoms with Gasteiger partial charge < -0.3 is 9.38 Å². The molecule has 31 heavy (non-hydrogen) atoms. The number of pyridine rings is 3. The average Bonchev–Trinajstić information content (AvgIpc) is 3.22. The summed E-state index contributed by atoms with van der Waals surface area (Å²) < 4.78 is 41.6. The van der Waals surface area contributed by atoms with Gasteiger partial charge in [0.2, 0.25) is 0 Å². The van der Waals surface area contributed by atoms with Crippen LogP contribution in [-0.2, 0) is 6.18 Å². The molecule has 0 spiro atoms. The summed E-state index contributed by atoms with van der Waals surface area (Å²) in [4.78, 5) is 24.0. The largest absolute Gasteiger partial charge is 0.416 e. The first kappa shape index (κ1) is 19.3. The third kappa shape index (κ3) is 3.34. The molecule has 4 aromatic heterocycles. The van der Waals surface area contributed by atoms with Crippen LogP contribution in [0.3, 0.4) is 0 Å². The van der Waals surface area contributed by atoms with Crippen molar-refractivity contribution in [3.8, 4) is 22.4 Å². The van der Waals surface area contributed by atoms with Gasteiger partial charge in [0.25, 0.3) is 0 Å². The molecule has 0 saturated heterocycles. The number of alkyl halides is 3. The highest BCUT2D eigenvalue weighted by atomic mass is 35.5. The molecule has 0 saturated carbocycles. The SMILES string of the molecule is O=c1cc[nH]c2nc(-c3cccc(C(F)(F)F)c3)c(-c3cc(Cl)c4nccn4c3)cc12. The van der Waals surface area contributed by atoms with Crippen molar-refractivity contribution in [1.82, 2.24) is 19.4 Å². The van der Waals surface area contributed by atoms with Gasteiger partial charge in [0.05, 0.1) is 21.7 Å². The van der Waals surface area contributed by atoms with Crippen molar-refractivity contribution in [2.24, 2.45) is 0 Å². The van der Waals surface area contributed by atoms with E-state index in [0.29, 0.717) is 27.2 Å². The van der Waals surface area contributed by atoms with E-state index in [1.165, 1.54) is 18.3 Å². The van der Waals surface area contributed by atoms with Crippen molar-refractivity contribution in [3.63, 3.8) is 0 Å². The summed E-state index contributed by atoms with van der Waals surface area (Å²) >= 11 is 6.37. The highest BCUT2D eigenvalue weighted by Crippen LogP contribution is 2.37. The van der Waals surface area contributed by atoms with E-state index in [1.807, 2.05) is 0 Å². The van der Waals surface area contributed by atoms with Gasteiger partial charge >= 0.3 is 6.18 Å². The van der Waals surface area contributed by atoms with Crippen molar-refractivity contribution in [3.05, 3.63) is 88.1 Å². The molecule has 0 aliphatic heterocycles. The van der Waals surface area contributed by atoms with Gasteiger partial charge in [-0.3, -0.25) is 4.79 Å². The second-order valence-corrected chi connectivity index (χ2v) is 7.34. The highest BCUT2D eigenvalue weighted by molar-refractivity contribution is 6.33. The van der Waals surface area contributed by atoms with Crippen molar-refractivity contribution in [2.75, 3.05) is 0 Å². The zero-order valence-electron chi connectivity index (χ0n) is 15.6. The Morgan fingerprint density at radius 1 is 1.06 bits per heavy atom. The van der Waals surface area contributed by atoms with Crippen LogP contribution in [0.2, 0.25) is 5.02 Å². The van der Waals surface area contributed by atoms with Crippen LogP contribution in [0.5, 0.6) is 0 Å². The Hall–Kier alpha value is -3.65. The Morgan fingerprint density at radius 2 is 1.90 bits per heavy atom. The fraction of sp³-hybridized carbons (Fsp3) is 0.0455. The Balaban J connectivity index is 1.84. The second kappa shape index (κ2) is 6.95. The molecule has 4 heterocycles. The number of hydrogen-bond acceptors (Lipinski definition) is 3. The summed E-state index contributed by atoms with van der Waals surface area (Å²) in [5.41, 5.74) is 1.38.